The number of carbonyl (C=O) groups is 1. The third kappa shape index (κ3) is 11.1. The van der Waals surface area contributed by atoms with E-state index < -0.39 is 23.0 Å². The van der Waals surface area contributed by atoms with Gasteiger partial charge >= 0.3 is 0 Å². The summed E-state index contributed by atoms with van der Waals surface area (Å²) in [5.41, 5.74) is 0.141. The third-order valence-electron chi connectivity index (χ3n) is 9.97. The molecule has 1 aliphatic rings. The van der Waals surface area contributed by atoms with Gasteiger partial charge in [0.15, 0.2) is 0 Å². The number of piperidine rings is 1. The van der Waals surface area contributed by atoms with Crippen LogP contribution in [-0.2, 0) is 0 Å². The van der Waals surface area contributed by atoms with Crippen LogP contribution in [0.15, 0.2) is 65.6 Å². The highest BCUT2D eigenvalue weighted by molar-refractivity contribution is 6.08. The van der Waals surface area contributed by atoms with Crippen molar-refractivity contribution in [2.75, 3.05) is 58.5 Å². The molecule has 0 unspecified atom stereocenters. The number of quaternary nitrogens is 1. The lowest BCUT2D eigenvalue weighted by Crippen LogP contribution is -3.00. The second kappa shape index (κ2) is 20.3. The second-order valence-electron chi connectivity index (χ2n) is 14.2. The maximum atomic E-state index is 14.2. The molecule has 0 spiro atoms. The van der Waals surface area contributed by atoms with Crippen molar-refractivity contribution in [3.8, 4) is 35.3 Å². The Hall–Kier alpha value is -4.40. The molecule has 0 radical (unpaired) electrons. The van der Waals surface area contributed by atoms with Gasteiger partial charge in [0.1, 0.15) is 34.4 Å². The summed E-state index contributed by atoms with van der Waals surface area (Å²) < 4.78 is 49.1. The fourth-order valence-electron chi connectivity index (χ4n) is 7.08. The molecule has 0 atom stereocenters. The minimum Gasteiger partial charge on any atom is -1.00 e. The third-order valence-corrected chi connectivity index (χ3v) is 9.97. The number of unbranched alkanes of at least 4 members (excludes halogenated alkanes) is 5. The van der Waals surface area contributed by atoms with E-state index in [1.807, 2.05) is 6.92 Å². The number of aromatic nitrogens is 1. The average Bonchev–Trinajstić information content (AvgIpc) is 3.15. The highest BCUT2D eigenvalue weighted by Gasteiger charge is 2.25. The summed E-state index contributed by atoms with van der Waals surface area (Å²) in [6, 6.07) is 13.1. The van der Waals surface area contributed by atoms with E-state index in [0.717, 1.165) is 36.3 Å². The number of likely N-dealkylation sites (tertiary alicyclic amines) is 1. The van der Waals surface area contributed by atoms with Crippen LogP contribution in [0.5, 0.6) is 17.2 Å². The quantitative estimate of drug-likeness (QED) is 0.0734. The van der Waals surface area contributed by atoms with Crippen molar-refractivity contribution in [1.29, 1.82) is 0 Å². The molecule has 8 nitrogen and oxygen atoms in total. The number of amides is 1. The number of terminal acetylenes is 1. The van der Waals surface area contributed by atoms with Crippen LogP contribution in [0.4, 0.5) is 14.5 Å². The van der Waals surface area contributed by atoms with Gasteiger partial charge in [-0.25, -0.2) is 8.78 Å². The summed E-state index contributed by atoms with van der Waals surface area (Å²) in [6.45, 7) is 6.60. The van der Waals surface area contributed by atoms with E-state index in [2.05, 4.69) is 13.0 Å². The average molecular weight is 809 g/mol. The number of hydrogen-bond acceptors (Lipinski definition) is 5. The Bertz CT molecular complexity index is 1950. The van der Waals surface area contributed by atoms with Gasteiger partial charge in [-0.3, -0.25) is 14.5 Å². The molecule has 3 aromatic carbocycles. The summed E-state index contributed by atoms with van der Waals surface area (Å²) >= 11 is 0. The number of nitrogens with zero attached hydrogens (tertiary/aromatic N) is 3. The summed E-state index contributed by atoms with van der Waals surface area (Å²) in [5, 5.41) is 0.244. The number of anilines is 1. The minimum atomic E-state index is -0.882. The number of hydrogen-bond donors (Lipinski definition) is 0. The van der Waals surface area contributed by atoms with E-state index in [1.54, 1.807) is 48.1 Å². The van der Waals surface area contributed by atoms with Gasteiger partial charge in [0.2, 0.25) is 5.43 Å². The van der Waals surface area contributed by atoms with Crippen molar-refractivity contribution >= 4 is 22.5 Å². The lowest BCUT2D eigenvalue weighted by atomic mass is 10.1. The number of fused-ring (bicyclic) bond motifs is 1. The number of methoxy groups -OCH3 is 1. The summed E-state index contributed by atoms with van der Waals surface area (Å²) in [5.74, 6) is 1.43. The van der Waals surface area contributed by atoms with Crippen LogP contribution in [0.1, 0.15) is 81.5 Å². The molecule has 1 fully saturated rings. The van der Waals surface area contributed by atoms with Gasteiger partial charge in [-0.05, 0) is 69.2 Å². The predicted octanol–water partition coefficient (Wildman–Crippen LogP) is 5.70. The van der Waals surface area contributed by atoms with E-state index in [4.69, 9.17) is 20.6 Å². The Labute approximate surface area is 328 Å². The Morgan fingerprint density at radius 1 is 0.870 bits per heavy atom. The SMILES string of the molecule is C#CCN(C(=O)c1cn(-c2cc(OC)cc(OCCC)c2)c2cc(OCCCCCCCC[N+]3(C)CCCCC3)ccc2c1=O)c1cc(F)cc(F)c1.[Br-]. The first-order valence-corrected chi connectivity index (χ1v) is 18.8. The molecule has 1 aromatic heterocycles. The van der Waals surface area contributed by atoms with Crippen molar-refractivity contribution in [3.63, 3.8) is 0 Å². The number of rotatable bonds is 18. The van der Waals surface area contributed by atoms with E-state index >= 15 is 0 Å². The largest absolute Gasteiger partial charge is 1.00 e. The molecule has 1 amide bonds. The van der Waals surface area contributed by atoms with Crippen LogP contribution in [0.2, 0.25) is 0 Å². The topological polar surface area (TPSA) is 70.0 Å². The molecule has 0 bridgehead atoms. The first-order valence-electron chi connectivity index (χ1n) is 18.8. The zero-order valence-corrected chi connectivity index (χ0v) is 33.3. The predicted molar refractivity (Wildman–Crippen MR) is 207 cm³/mol. The standard InChI is InChI=1S/C43H52F2N3O5.BrH/c1-5-18-46(34-25-32(44)24-33(45)26-34)43(50)40-31-47(35-27-37(51-4)29-38(28-35)52-22-6-2)41-30-36(16-17-39(41)42(40)49)53-23-15-10-8-7-9-12-19-48(3)20-13-11-14-21-48;/h1,16-17,24-31H,6-15,18-23H2,2-4H3;1H/q+1;/p-1. The normalized spacial score (nSPS) is 13.5. The molecule has 0 N–H and O–H groups in total. The van der Waals surface area contributed by atoms with Crippen LogP contribution in [-0.4, -0.2) is 68.5 Å². The molecular formula is C43H52BrF2N3O5. The smallest absolute Gasteiger partial charge is 0.264 e. The van der Waals surface area contributed by atoms with Gasteiger partial charge in [0.05, 0.1) is 70.4 Å². The Kier molecular flexibility index (Phi) is 15.9. The molecule has 54 heavy (non-hydrogen) atoms. The fraction of sp³-hybridized carbons (Fsp3) is 0.442. The first-order chi connectivity index (χ1) is 25.6. The van der Waals surface area contributed by atoms with E-state index in [0.29, 0.717) is 47.7 Å². The molecular weight excluding hydrogens is 756 g/mol. The highest BCUT2D eigenvalue weighted by atomic mass is 79.9. The van der Waals surface area contributed by atoms with Crippen molar-refractivity contribution in [1.82, 2.24) is 4.57 Å². The van der Waals surface area contributed by atoms with E-state index in [9.17, 15) is 18.4 Å². The van der Waals surface area contributed by atoms with Crippen LogP contribution in [0.3, 0.4) is 0 Å². The molecule has 0 aliphatic carbocycles. The van der Waals surface area contributed by atoms with Crippen molar-refractivity contribution in [3.05, 3.63) is 88.2 Å². The lowest BCUT2D eigenvalue weighted by Gasteiger charge is -2.37. The number of halogens is 3. The zero-order chi connectivity index (χ0) is 37.8. The van der Waals surface area contributed by atoms with Crippen LogP contribution >= 0.6 is 0 Å². The molecule has 11 heteroatoms. The van der Waals surface area contributed by atoms with E-state index in [-0.39, 0.29) is 40.2 Å². The molecule has 4 aromatic rings. The van der Waals surface area contributed by atoms with Crippen molar-refractivity contribution < 1.29 is 49.3 Å². The number of benzene rings is 3. The Morgan fingerprint density at radius 2 is 1.54 bits per heavy atom. The van der Waals surface area contributed by atoms with E-state index in [1.165, 1.54) is 75.3 Å². The molecule has 290 valence electrons. The van der Waals surface area contributed by atoms with Crippen LogP contribution in [0, 0.1) is 24.0 Å². The van der Waals surface area contributed by atoms with Gasteiger partial charge in [0, 0.05) is 41.9 Å². The van der Waals surface area contributed by atoms with Crippen molar-refractivity contribution in [2.45, 2.75) is 71.1 Å². The first kappa shape index (κ1) is 42.3. The Morgan fingerprint density at radius 3 is 2.22 bits per heavy atom. The minimum absolute atomic E-state index is 0. The van der Waals surface area contributed by atoms with Crippen LogP contribution < -0.4 is 41.5 Å². The van der Waals surface area contributed by atoms with Gasteiger partial charge in [0.25, 0.3) is 5.91 Å². The maximum Gasteiger partial charge on any atom is 0.264 e. The molecule has 1 saturated heterocycles. The van der Waals surface area contributed by atoms with Gasteiger partial charge in [-0.2, -0.15) is 0 Å². The second-order valence-corrected chi connectivity index (χ2v) is 14.2. The van der Waals surface area contributed by atoms with Gasteiger partial charge < -0.3 is 40.2 Å². The molecule has 1 aliphatic heterocycles. The highest BCUT2D eigenvalue weighted by Crippen LogP contribution is 2.30. The van der Waals surface area contributed by atoms with Gasteiger partial charge in [-0.15, -0.1) is 6.42 Å². The van der Waals surface area contributed by atoms with Crippen LogP contribution in [0.25, 0.3) is 16.6 Å². The zero-order valence-electron chi connectivity index (χ0n) is 31.7. The molecule has 5 rings (SSSR count). The molecule has 2 heterocycles. The molecule has 0 saturated carbocycles. The number of carbonyl (C=O) groups excluding carboxylic acids is 1. The maximum absolute atomic E-state index is 14.2. The lowest BCUT2D eigenvalue weighted by molar-refractivity contribution is -0.914. The van der Waals surface area contributed by atoms with Crippen molar-refractivity contribution in [2.24, 2.45) is 0 Å². The Balaban J connectivity index is 0.00000650. The monoisotopic (exact) mass is 807 g/mol. The summed E-state index contributed by atoms with van der Waals surface area (Å²) in [4.78, 5) is 29.1. The van der Waals surface area contributed by atoms with Gasteiger partial charge in [-0.1, -0.05) is 32.1 Å². The summed E-state index contributed by atoms with van der Waals surface area (Å²) in [7, 11) is 3.95. The number of pyridine rings is 1. The summed E-state index contributed by atoms with van der Waals surface area (Å²) in [6.07, 6.45) is 18.8. The number of ether oxygens (including phenoxy) is 3. The fourth-order valence-corrected chi connectivity index (χ4v) is 7.08.